The number of hydrogen-bond donors (Lipinski definition) is 0. The molecule has 8 aliphatic carbocycles. The standard InChI is InChI=1S/C23H24O6/c24-20-16-8-3-4-9(17(16)21(25)28-20)13-7-2-1-6(12(8)13)14-10-5-11(15(7)14)19-18(10)22(26)29-23(19)27/h6-19H,1-5H2. The van der Waals surface area contributed by atoms with Crippen LogP contribution in [0.3, 0.4) is 0 Å². The lowest BCUT2D eigenvalue weighted by molar-refractivity contribution is -0.209. The van der Waals surface area contributed by atoms with Gasteiger partial charge in [-0.3, -0.25) is 19.2 Å². The molecule has 152 valence electrons. The monoisotopic (exact) mass is 396 g/mol. The zero-order valence-corrected chi connectivity index (χ0v) is 16.1. The van der Waals surface area contributed by atoms with Crippen molar-refractivity contribution in [2.75, 3.05) is 0 Å². The quantitative estimate of drug-likeness (QED) is 0.459. The first-order valence-corrected chi connectivity index (χ1v) is 11.6. The van der Waals surface area contributed by atoms with Crippen molar-refractivity contribution in [1.29, 1.82) is 0 Å². The van der Waals surface area contributed by atoms with Gasteiger partial charge in [0.2, 0.25) is 0 Å². The van der Waals surface area contributed by atoms with E-state index in [1.165, 1.54) is 12.8 Å². The number of carbonyl (C=O) groups is 4. The third-order valence-corrected chi connectivity index (χ3v) is 11.2. The van der Waals surface area contributed by atoms with E-state index < -0.39 is 0 Å². The minimum absolute atomic E-state index is 0.210. The van der Waals surface area contributed by atoms with Crippen LogP contribution < -0.4 is 0 Å². The van der Waals surface area contributed by atoms with Gasteiger partial charge in [0.05, 0.1) is 23.7 Å². The Hall–Kier alpha value is -1.72. The summed E-state index contributed by atoms with van der Waals surface area (Å²) in [6, 6.07) is 0. The van der Waals surface area contributed by atoms with E-state index in [1.54, 1.807) is 0 Å². The SMILES string of the molecule is O=C1OC(=O)C2C3CCC(C12)C1C2CCC(C31)C1C3CC(C4C(=O)OC(=O)C34)C21. The molecule has 0 spiro atoms. The van der Waals surface area contributed by atoms with E-state index in [-0.39, 0.29) is 71.2 Å². The Balaban J connectivity index is 1.25. The number of esters is 4. The Morgan fingerprint density at radius 3 is 1.17 bits per heavy atom. The third-order valence-electron chi connectivity index (χ3n) is 11.2. The molecule has 10 aliphatic rings. The highest BCUT2D eigenvalue weighted by atomic mass is 16.6. The Bertz CT molecular complexity index is 839. The highest BCUT2D eigenvalue weighted by molar-refractivity contribution is 5.98. The normalized spacial score (nSPS) is 62.6. The second-order valence-electron chi connectivity index (χ2n) is 11.3. The average Bonchev–Trinajstić information content (AvgIpc) is 3.45. The number of hydrogen-bond acceptors (Lipinski definition) is 6. The number of ether oxygens (including phenoxy) is 2. The molecular weight excluding hydrogens is 372 g/mol. The second-order valence-corrected chi connectivity index (χ2v) is 11.3. The van der Waals surface area contributed by atoms with Gasteiger partial charge >= 0.3 is 23.9 Å². The first-order chi connectivity index (χ1) is 14.1. The lowest BCUT2D eigenvalue weighted by atomic mass is 9.36. The lowest BCUT2D eigenvalue weighted by Gasteiger charge is -2.67. The van der Waals surface area contributed by atoms with Crippen LogP contribution in [0.15, 0.2) is 0 Å². The summed E-state index contributed by atoms with van der Waals surface area (Å²) in [5.41, 5.74) is 0. The predicted molar refractivity (Wildman–Crippen MR) is 94.1 cm³/mol. The van der Waals surface area contributed by atoms with Crippen LogP contribution in [-0.4, -0.2) is 23.9 Å². The molecule has 6 heteroatoms. The Kier molecular flexibility index (Phi) is 2.64. The highest BCUT2D eigenvalue weighted by Gasteiger charge is 2.76. The molecule has 10 rings (SSSR count). The molecule has 0 aromatic rings. The van der Waals surface area contributed by atoms with Crippen molar-refractivity contribution in [3.05, 3.63) is 0 Å². The largest absolute Gasteiger partial charge is 0.393 e. The van der Waals surface area contributed by atoms with E-state index in [1.807, 2.05) is 0 Å². The number of cyclic esters (lactones) is 4. The molecule has 10 fully saturated rings. The second kappa shape index (κ2) is 4.78. The van der Waals surface area contributed by atoms with Crippen LogP contribution in [0.25, 0.3) is 0 Å². The summed E-state index contributed by atoms with van der Waals surface area (Å²) in [6.45, 7) is 0. The molecule has 0 aromatic carbocycles. The van der Waals surface area contributed by atoms with Crippen molar-refractivity contribution in [1.82, 2.24) is 0 Å². The van der Waals surface area contributed by atoms with Gasteiger partial charge in [0.1, 0.15) is 0 Å². The van der Waals surface area contributed by atoms with Crippen molar-refractivity contribution in [3.63, 3.8) is 0 Å². The van der Waals surface area contributed by atoms with Crippen LogP contribution >= 0.6 is 0 Å². The van der Waals surface area contributed by atoms with Crippen molar-refractivity contribution in [2.24, 2.45) is 82.9 Å². The van der Waals surface area contributed by atoms with Gasteiger partial charge in [-0.25, -0.2) is 0 Å². The summed E-state index contributed by atoms with van der Waals surface area (Å²) >= 11 is 0. The minimum Gasteiger partial charge on any atom is -0.393 e. The number of fused-ring (bicyclic) bond motifs is 7. The van der Waals surface area contributed by atoms with E-state index in [0.29, 0.717) is 35.5 Å². The first kappa shape index (κ1) is 16.0. The molecular formula is C23H24O6. The fourth-order valence-corrected chi connectivity index (χ4v) is 11.1. The molecule has 6 bridgehead atoms. The molecule has 6 nitrogen and oxygen atoms in total. The molecule has 29 heavy (non-hydrogen) atoms. The maximum absolute atomic E-state index is 12.5. The Labute approximate surface area is 168 Å². The molecule has 14 unspecified atom stereocenters. The van der Waals surface area contributed by atoms with Crippen LogP contribution in [0.2, 0.25) is 0 Å². The predicted octanol–water partition coefficient (Wildman–Crippen LogP) is 1.81. The van der Waals surface area contributed by atoms with Gasteiger partial charge in [-0.2, -0.15) is 0 Å². The van der Waals surface area contributed by atoms with Gasteiger partial charge in [0.15, 0.2) is 0 Å². The lowest BCUT2D eigenvalue weighted by Crippen LogP contribution is -2.65. The van der Waals surface area contributed by atoms with Gasteiger partial charge < -0.3 is 9.47 Å². The highest BCUT2D eigenvalue weighted by Crippen LogP contribution is 2.76. The van der Waals surface area contributed by atoms with Crippen LogP contribution in [0.4, 0.5) is 0 Å². The van der Waals surface area contributed by atoms with Crippen LogP contribution in [0, 0.1) is 82.9 Å². The van der Waals surface area contributed by atoms with E-state index in [2.05, 4.69) is 0 Å². The van der Waals surface area contributed by atoms with Gasteiger partial charge in [-0.1, -0.05) is 0 Å². The van der Waals surface area contributed by atoms with E-state index in [9.17, 15) is 19.2 Å². The number of rotatable bonds is 0. The number of carbonyl (C=O) groups excluding carboxylic acids is 4. The zero-order chi connectivity index (χ0) is 19.3. The summed E-state index contributed by atoms with van der Waals surface area (Å²) in [6.07, 6.45) is 5.44. The molecule has 14 atom stereocenters. The van der Waals surface area contributed by atoms with Crippen molar-refractivity contribution in [3.8, 4) is 0 Å². The van der Waals surface area contributed by atoms with Crippen molar-refractivity contribution < 1.29 is 28.7 Å². The molecule has 0 aromatic heterocycles. The van der Waals surface area contributed by atoms with Crippen molar-refractivity contribution in [2.45, 2.75) is 32.1 Å². The average molecular weight is 396 g/mol. The van der Waals surface area contributed by atoms with Gasteiger partial charge in [0.25, 0.3) is 0 Å². The fourth-order valence-electron chi connectivity index (χ4n) is 11.1. The minimum atomic E-state index is -0.279. The Morgan fingerprint density at radius 2 is 0.759 bits per heavy atom. The van der Waals surface area contributed by atoms with Crippen LogP contribution in [0.5, 0.6) is 0 Å². The van der Waals surface area contributed by atoms with Gasteiger partial charge in [-0.15, -0.1) is 0 Å². The molecule has 8 saturated carbocycles. The van der Waals surface area contributed by atoms with E-state index in [0.717, 1.165) is 19.3 Å². The summed E-state index contributed by atoms with van der Waals surface area (Å²) in [4.78, 5) is 49.9. The molecule has 2 saturated heterocycles. The summed E-state index contributed by atoms with van der Waals surface area (Å²) in [5.74, 6) is 2.24. The summed E-state index contributed by atoms with van der Waals surface area (Å²) < 4.78 is 10.2. The summed E-state index contributed by atoms with van der Waals surface area (Å²) in [7, 11) is 0. The topological polar surface area (TPSA) is 86.7 Å². The Morgan fingerprint density at radius 1 is 0.448 bits per heavy atom. The van der Waals surface area contributed by atoms with E-state index in [4.69, 9.17) is 9.47 Å². The fraction of sp³-hybridized carbons (Fsp3) is 0.826. The van der Waals surface area contributed by atoms with Crippen LogP contribution in [0.1, 0.15) is 32.1 Å². The van der Waals surface area contributed by atoms with E-state index >= 15 is 0 Å². The third kappa shape index (κ3) is 1.54. The maximum Gasteiger partial charge on any atom is 0.317 e. The molecule has 2 aliphatic heterocycles. The zero-order valence-electron chi connectivity index (χ0n) is 16.1. The molecule has 0 N–H and O–H groups in total. The molecule has 0 amide bonds. The molecule has 0 radical (unpaired) electrons. The van der Waals surface area contributed by atoms with Gasteiger partial charge in [-0.05, 0) is 91.3 Å². The molecule has 2 heterocycles. The van der Waals surface area contributed by atoms with Crippen molar-refractivity contribution >= 4 is 23.9 Å². The summed E-state index contributed by atoms with van der Waals surface area (Å²) in [5, 5.41) is 0. The maximum atomic E-state index is 12.5. The smallest absolute Gasteiger partial charge is 0.317 e. The van der Waals surface area contributed by atoms with Gasteiger partial charge in [0, 0.05) is 0 Å². The van der Waals surface area contributed by atoms with Crippen LogP contribution in [-0.2, 0) is 28.7 Å². The first-order valence-electron chi connectivity index (χ1n) is 11.6.